The first-order valence-electron chi connectivity index (χ1n) is 4.69. The zero-order valence-corrected chi connectivity index (χ0v) is 9.76. The first-order valence-corrected chi connectivity index (χ1v) is 6.34. The van der Waals surface area contributed by atoms with Crippen molar-refractivity contribution in [3.05, 3.63) is 23.3 Å². The van der Waals surface area contributed by atoms with E-state index in [4.69, 9.17) is 0 Å². The molecule has 0 bridgehead atoms. The molecule has 1 saturated heterocycles. The van der Waals surface area contributed by atoms with Crippen LogP contribution in [0.15, 0.2) is 23.3 Å². The topological polar surface area (TPSA) is 37.4 Å². The maximum absolute atomic E-state index is 11.6. The summed E-state index contributed by atoms with van der Waals surface area (Å²) in [5.74, 6) is 0.212. The highest BCUT2D eigenvalue weighted by Crippen LogP contribution is 2.28. The van der Waals surface area contributed by atoms with Crippen LogP contribution in [0, 0.1) is 0 Å². The molecule has 0 atom stereocenters. The van der Waals surface area contributed by atoms with E-state index in [9.17, 15) is 8.42 Å². The molecule has 0 unspecified atom stereocenters. The van der Waals surface area contributed by atoms with Crippen LogP contribution < -0.4 is 0 Å². The van der Waals surface area contributed by atoms with Gasteiger partial charge in [-0.15, -0.1) is 0 Å². The van der Waals surface area contributed by atoms with Gasteiger partial charge >= 0.3 is 0 Å². The van der Waals surface area contributed by atoms with Crippen molar-refractivity contribution in [1.29, 1.82) is 0 Å². The van der Waals surface area contributed by atoms with Crippen LogP contribution in [-0.2, 0) is 9.84 Å². The van der Waals surface area contributed by atoms with Gasteiger partial charge in [-0.25, -0.2) is 8.42 Å². The molecule has 80 valence electrons. The zero-order chi connectivity index (χ0) is 10.9. The van der Waals surface area contributed by atoms with Gasteiger partial charge in [0, 0.05) is 19.3 Å². The normalized spacial score (nSPS) is 23.4. The summed E-state index contributed by atoms with van der Waals surface area (Å²) in [5, 5.41) is 0. The average molecular weight is 215 g/mol. The molecular formula is C10H17NO2S. The highest BCUT2D eigenvalue weighted by molar-refractivity contribution is 7.95. The quantitative estimate of drug-likeness (QED) is 0.701. The first-order chi connectivity index (χ1) is 6.34. The lowest BCUT2D eigenvalue weighted by Gasteiger charge is -2.19. The Bertz CT molecular complexity index is 366. The molecule has 0 radical (unpaired) electrons. The second-order valence-corrected chi connectivity index (χ2v) is 6.00. The monoisotopic (exact) mass is 215 g/mol. The van der Waals surface area contributed by atoms with E-state index in [0.717, 1.165) is 5.57 Å². The molecule has 14 heavy (non-hydrogen) atoms. The summed E-state index contributed by atoms with van der Waals surface area (Å²) in [4.78, 5) is 2.30. The van der Waals surface area contributed by atoms with E-state index in [2.05, 4.69) is 6.58 Å². The fourth-order valence-corrected chi connectivity index (χ4v) is 2.82. The van der Waals surface area contributed by atoms with Crippen molar-refractivity contribution in [3.63, 3.8) is 0 Å². The molecule has 1 aliphatic heterocycles. The Morgan fingerprint density at radius 3 is 2.43 bits per heavy atom. The average Bonchev–Trinajstić information content (AvgIpc) is 2.31. The van der Waals surface area contributed by atoms with Crippen LogP contribution in [0.4, 0.5) is 0 Å². The lowest BCUT2D eigenvalue weighted by atomic mass is 10.2. The molecule has 0 spiro atoms. The molecule has 0 aromatic carbocycles. The summed E-state index contributed by atoms with van der Waals surface area (Å²) in [6, 6.07) is 0.297. The highest BCUT2D eigenvalue weighted by atomic mass is 32.2. The van der Waals surface area contributed by atoms with Crippen molar-refractivity contribution >= 4 is 9.84 Å². The van der Waals surface area contributed by atoms with Gasteiger partial charge in [0.05, 0.1) is 10.7 Å². The van der Waals surface area contributed by atoms with Crippen molar-refractivity contribution in [3.8, 4) is 0 Å². The fourth-order valence-electron chi connectivity index (χ4n) is 1.22. The molecular weight excluding hydrogens is 198 g/mol. The predicted molar refractivity (Wildman–Crippen MR) is 58.5 cm³/mol. The third kappa shape index (κ3) is 2.18. The second-order valence-electron chi connectivity index (χ2n) is 3.92. The van der Waals surface area contributed by atoms with Crippen molar-refractivity contribution < 1.29 is 8.42 Å². The van der Waals surface area contributed by atoms with Crippen LogP contribution in [0.1, 0.15) is 20.3 Å². The lowest BCUT2D eigenvalue weighted by molar-refractivity contribution is 0.375. The molecule has 0 N–H and O–H groups in total. The van der Waals surface area contributed by atoms with Gasteiger partial charge in [0.1, 0.15) is 0 Å². The van der Waals surface area contributed by atoms with Crippen LogP contribution in [0.2, 0.25) is 0 Å². The zero-order valence-electron chi connectivity index (χ0n) is 8.95. The Kier molecular flexibility index (Phi) is 3.04. The molecule has 0 aromatic rings. The van der Waals surface area contributed by atoms with E-state index in [0.29, 0.717) is 17.4 Å². The summed E-state index contributed by atoms with van der Waals surface area (Å²) in [6.45, 7) is 7.80. The smallest absolute Gasteiger partial charge is 0.180 e. The summed E-state index contributed by atoms with van der Waals surface area (Å²) in [6.07, 6.45) is 2.26. The largest absolute Gasteiger partial charge is 0.377 e. The van der Waals surface area contributed by atoms with Gasteiger partial charge in [0.15, 0.2) is 9.84 Å². The standard InChI is InChI=1S/C10H17NO2S/c1-8(2)11(4)7-10-9(3)5-6-14(10,12)13/h7-8H,3,5-6H2,1-2,4H3/b10-7+. The Morgan fingerprint density at radius 1 is 1.50 bits per heavy atom. The van der Waals surface area contributed by atoms with E-state index < -0.39 is 9.84 Å². The predicted octanol–water partition coefficient (Wildman–Crippen LogP) is 1.54. The molecule has 1 heterocycles. The molecule has 0 saturated carbocycles. The Labute approximate surface area is 86.0 Å². The van der Waals surface area contributed by atoms with E-state index in [-0.39, 0.29) is 5.75 Å². The van der Waals surface area contributed by atoms with Crippen LogP contribution in [0.5, 0.6) is 0 Å². The molecule has 0 amide bonds. The number of nitrogens with zero attached hydrogens (tertiary/aromatic N) is 1. The number of rotatable bonds is 2. The van der Waals surface area contributed by atoms with Crippen LogP contribution in [0.3, 0.4) is 0 Å². The number of hydrogen-bond acceptors (Lipinski definition) is 3. The SMILES string of the molecule is C=C1CCS(=O)(=O)/C1=C/N(C)C(C)C. The third-order valence-electron chi connectivity index (χ3n) is 2.49. The molecule has 4 heteroatoms. The maximum Gasteiger partial charge on any atom is 0.180 e. The first kappa shape index (κ1) is 11.3. The third-order valence-corrected chi connectivity index (χ3v) is 4.30. The summed E-state index contributed by atoms with van der Waals surface area (Å²) < 4.78 is 23.1. The van der Waals surface area contributed by atoms with Crippen molar-refractivity contribution in [1.82, 2.24) is 4.90 Å². The van der Waals surface area contributed by atoms with E-state index in [1.54, 1.807) is 6.20 Å². The Hall–Kier alpha value is -0.770. The van der Waals surface area contributed by atoms with Crippen LogP contribution in [0.25, 0.3) is 0 Å². The minimum Gasteiger partial charge on any atom is -0.377 e. The lowest BCUT2D eigenvalue weighted by Crippen LogP contribution is -2.21. The number of allylic oxidation sites excluding steroid dienone is 1. The van der Waals surface area contributed by atoms with Crippen molar-refractivity contribution in [2.75, 3.05) is 12.8 Å². The summed E-state index contributed by atoms with van der Waals surface area (Å²) in [7, 11) is -1.17. The molecule has 0 aromatic heterocycles. The van der Waals surface area contributed by atoms with Gasteiger partial charge in [-0.2, -0.15) is 0 Å². The molecule has 1 aliphatic rings. The molecule has 0 aliphatic carbocycles. The van der Waals surface area contributed by atoms with E-state index in [1.165, 1.54) is 0 Å². The number of sulfone groups is 1. The second kappa shape index (κ2) is 3.77. The summed E-state index contributed by atoms with van der Waals surface area (Å²) >= 11 is 0. The van der Waals surface area contributed by atoms with Gasteiger partial charge in [-0.3, -0.25) is 0 Å². The highest BCUT2D eigenvalue weighted by Gasteiger charge is 2.28. The Morgan fingerprint density at radius 2 is 2.07 bits per heavy atom. The van der Waals surface area contributed by atoms with Gasteiger partial charge < -0.3 is 4.90 Å². The minimum atomic E-state index is -3.04. The molecule has 1 rings (SSSR count). The van der Waals surface area contributed by atoms with E-state index in [1.807, 2.05) is 25.8 Å². The van der Waals surface area contributed by atoms with Gasteiger partial charge in [-0.1, -0.05) is 6.58 Å². The molecule has 1 fully saturated rings. The van der Waals surface area contributed by atoms with Gasteiger partial charge in [-0.05, 0) is 25.8 Å². The molecule has 3 nitrogen and oxygen atoms in total. The fraction of sp³-hybridized carbons (Fsp3) is 0.600. The maximum atomic E-state index is 11.6. The number of hydrogen-bond donors (Lipinski definition) is 0. The Balaban J connectivity index is 3.02. The van der Waals surface area contributed by atoms with E-state index >= 15 is 0 Å². The summed E-state index contributed by atoms with van der Waals surface area (Å²) in [5.41, 5.74) is 0.734. The van der Waals surface area contributed by atoms with Gasteiger partial charge in [0.2, 0.25) is 0 Å². The minimum absolute atomic E-state index is 0.212. The van der Waals surface area contributed by atoms with Crippen molar-refractivity contribution in [2.24, 2.45) is 0 Å². The van der Waals surface area contributed by atoms with Gasteiger partial charge in [0.25, 0.3) is 0 Å². The van der Waals surface area contributed by atoms with Crippen molar-refractivity contribution in [2.45, 2.75) is 26.3 Å². The van der Waals surface area contributed by atoms with Crippen LogP contribution in [-0.4, -0.2) is 32.2 Å². The van der Waals surface area contributed by atoms with Crippen LogP contribution >= 0.6 is 0 Å².